The Labute approximate surface area is 134 Å². The summed E-state index contributed by atoms with van der Waals surface area (Å²) in [7, 11) is 0. The number of rotatable bonds is 5. The highest BCUT2D eigenvalue weighted by Crippen LogP contribution is 2.29. The van der Waals surface area contributed by atoms with Crippen molar-refractivity contribution < 1.29 is 14.3 Å². The molecule has 1 amide bonds. The summed E-state index contributed by atoms with van der Waals surface area (Å²) in [5.41, 5.74) is 2.28. The molecule has 0 unspecified atom stereocenters. The number of fused-ring (bicyclic) bond motifs is 1. The summed E-state index contributed by atoms with van der Waals surface area (Å²) in [5.74, 6) is 0.484. The zero-order valence-electron chi connectivity index (χ0n) is 13.2. The summed E-state index contributed by atoms with van der Waals surface area (Å²) in [5, 5.41) is 9.90. The van der Waals surface area contributed by atoms with Crippen LogP contribution in [0.1, 0.15) is 41.7 Å². The van der Waals surface area contributed by atoms with E-state index in [4.69, 9.17) is 9.47 Å². The Hall–Kier alpha value is -2.41. The SMILES string of the molecule is C[C@@H]1Cc2c(C(=O)NCCOc3cccnc3)n[nH]c2[C@H](C)O1. The largest absolute Gasteiger partial charge is 0.490 e. The zero-order chi connectivity index (χ0) is 16.2. The van der Waals surface area contributed by atoms with E-state index in [1.807, 2.05) is 19.9 Å². The van der Waals surface area contributed by atoms with Crippen LogP contribution in [0.4, 0.5) is 0 Å². The Kier molecular flexibility index (Phi) is 4.57. The van der Waals surface area contributed by atoms with Crippen molar-refractivity contribution >= 4 is 5.91 Å². The fourth-order valence-electron chi connectivity index (χ4n) is 2.71. The molecule has 2 aromatic heterocycles. The van der Waals surface area contributed by atoms with Gasteiger partial charge in [0.05, 0.1) is 30.6 Å². The number of nitrogens with zero attached hydrogens (tertiary/aromatic N) is 2. The van der Waals surface area contributed by atoms with Crippen LogP contribution in [0, 0.1) is 0 Å². The van der Waals surface area contributed by atoms with Crippen molar-refractivity contribution in [2.24, 2.45) is 0 Å². The van der Waals surface area contributed by atoms with Crippen molar-refractivity contribution in [3.63, 3.8) is 0 Å². The molecule has 1 aliphatic heterocycles. The van der Waals surface area contributed by atoms with Gasteiger partial charge in [-0.1, -0.05) is 0 Å². The summed E-state index contributed by atoms with van der Waals surface area (Å²) in [4.78, 5) is 16.3. The molecular weight excluding hydrogens is 296 g/mol. The lowest BCUT2D eigenvalue weighted by Gasteiger charge is -2.25. The molecule has 2 atom stereocenters. The predicted octanol–water partition coefficient (Wildman–Crippen LogP) is 1.64. The van der Waals surface area contributed by atoms with E-state index in [0.29, 0.717) is 31.0 Å². The predicted molar refractivity (Wildman–Crippen MR) is 83.3 cm³/mol. The first-order valence-electron chi connectivity index (χ1n) is 7.68. The molecule has 7 nitrogen and oxygen atoms in total. The van der Waals surface area contributed by atoms with Crippen LogP contribution in [0.5, 0.6) is 5.75 Å². The minimum Gasteiger partial charge on any atom is -0.490 e. The molecule has 2 aromatic rings. The summed E-state index contributed by atoms with van der Waals surface area (Å²) in [6.45, 7) is 4.73. The third-order valence-corrected chi connectivity index (χ3v) is 3.74. The topological polar surface area (TPSA) is 89.1 Å². The van der Waals surface area contributed by atoms with Crippen LogP contribution in [0.3, 0.4) is 0 Å². The van der Waals surface area contributed by atoms with Gasteiger partial charge in [-0.3, -0.25) is 14.9 Å². The first-order chi connectivity index (χ1) is 11.1. The van der Waals surface area contributed by atoms with E-state index in [2.05, 4.69) is 20.5 Å². The van der Waals surface area contributed by atoms with Gasteiger partial charge in [-0.15, -0.1) is 0 Å². The molecule has 0 saturated carbocycles. The smallest absolute Gasteiger partial charge is 0.272 e. The van der Waals surface area contributed by atoms with Gasteiger partial charge < -0.3 is 14.8 Å². The van der Waals surface area contributed by atoms with E-state index in [1.54, 1.807) is 18.5 Å². The van der Waals surface area contributed by atoms with Crippen LogP contribution in [-0.4, -0.2) is 40.3 Å². The van der Waals surface area contributed by atoms with Crippen molar-refractivity contribution in [3.8, 4) is 5.75 Å². The number of ether oxygens (including phenoxy) is 2. The number of nitrogens with one attached hydrogen (secondary N) is 2. The van der Waals surface area contributed by atoms with Gasteiger partial charge in [0.15, 0.2) is 5.69 Å². The van der Waals surface area contributed by atoms with E-state index in [9.17, 15) is 4.79 Å². The van der Waals surface area contributed by atoms with Crippen LogP contribution >= 0.6 is 0 Å². The maximum absolute atomic E-state index is 12.3. The first kappa shape index (κ1) is 15.5. The van der Waals surface area contributed by atoms with Crippen molar-refractivity contribution in [1.82, 2.24) is 20.5 Å². The lowest BCUT2D eigenvalue weighted by molar-refractivity contribution is -0.00697. The highest BCUT2D eigenvalue weighted by atomic mass is 16.5. The number of hydrogen-bond acceptors (Lipinski definition) is 5. The number of carbonyl (C=O) groups excluding carboxylic acids is 1. The van der Waals surface area contributed by atoms with Crippen molar-refractivity contribution in [2.75, 3.05) is 13.2 Å². The van der Waals surface area contributed by atoms with E-state index in [-0.39, 0.29) is 18.1 Å². The molecule has 23 heavy (non-hydrogen) atoms. The van der Waals surface area contributed by atoms with Gasteiger partial charge in [0.2, 0.25) is 0 Å². The van der Waals surface area contributed by atoms with E-state index in [1.165, 1.54) is 0 Å². The zero-order valence-corrected chi connectivity index (χ0v) is 13.2. The molecule has 0 aliphatic carbocycles. The third kappa shape index (κ3) is 3.50. The summed E-state index contributed by atoms with van der Waals surface area (Å²) < 4.78 is 11.2. The molecule has 0 spiro atoms. The maximum atomic E-state index is 12.3. The Morgan fingerprint density at radius 3 is 3.17 bits per heavy atom. The van der Waals surface area contributed by atoms with Crippen molar-refractivity contribution in [1.29, 1.82) is 0 Å². The summed E-state index contributed by atoms with van der Waals surface area (Å²) in [6, 6.07) is 3.62. The second-order valence-corrected chi connectivity index (χ2v) is 5.55. The Morgan fingerprint density at radius 1 is 1.52 bits per heavy atom. The number of carbonyl (C=O) groups is 1. The van der Waals surface area contributed by atoms with Gasteiger partial charge >= 0.3 is 0 Å². The van der Waals surface area contributed by atoms with Gasteiger partial charge in [-0.25, -0.2) is 0 Å². The average molecular weight is 316 g/mol. The maximum Gasteiger partial charge on any atom is 0.272 e. The summed E-state index contributed by atoms with van der Waals surface area (Å²) >= 11 is 0. The lowest BCUT2D eigenvalue weighted by atomic mass is 9.99. The summed E-state index contributed by atoms with van der Waals surface area (Å²) in [6.07, 6.45) is 4.01. The number of amides is 1. The molecule has 2 N–H and O–H groups in total. The molecule has 3 heterocycles. The molecule has 0 fully saturated rings. The van der Waals surface area contributed by atoms with Crippen LogP contribution in [-0.2, 0) is 11.2 Å². The van der Waals surface area contributed by atoms with E-state index >= 15 is 0 Å². The van der Waals surface area contributed by atoms with Crippen LogP contribution in [0.15, 0.2) is 24.5 Å². The van der Waals surface area contributed by atoms with Crippen LogP contribution < -0.4 is 10.1 Å². The molecular formula is C16H20N4O3. The Balaban J connectivity index is 1.55. The first-order valence-corrected chi connectivity index (χ1v) is 7.68. The minimum atomic E-state index is -0.196. The molecule has 1 aliphatic rings. The molecule has 3 rings (SSSR count). The third-order valence-electron chi connectivity index (χ3n) is 3.74. The van der Waals surface area contributed by atoms with E-state index < -0.39 is 0 Å². The molecule has 0 radical (unpaired) electrons. The number of H-pyrrole nitrogens is 1. The number of aromatic nitrogens is 3. The lowest BCUT2D eigenvalue weighted by Crippen LogP contribution is -2.30. The van der Waals surface area contributed by atoms with Gasteiger partial charge in [-0.05, 0) is 26.0 Å². The monoisotopic (exact) mass is 316 g/mol. The minimum absolute atomic E-state index is 0.0725. The van der Waals surface area contributed by atoms with Crippen molar-refractivity contribution in [3.05, 3.63) is 41.5 Å². The second-order valence-electron chi connectivity index (χ2n) is 5.55. The second kappa shape index (κ2) is 6.78. The van der Waals surface area contributed by atoms with Gasteiger partial charge in [0.25, 0.3) is 5.91 Å². The average Bonchev–Trinajstić information content (AvgIpc) is 2.96. The van der Waals surface area contributed by atoms with E-state index in [0.717, 1.165) is 11.3 Å². The van der Waals surface area contributed by atoms with Crippen LogP contribution in [0.25, 0.3) is 0 Å². The molecule has 0 aromatic carbocycles. The Morgan fingerprint density at radius 2 is 2.39 bits per heavy atom. The van der Waals surface area contributed by atoms with Crippen molar-refractivity contribution in [2.45, 2.75) is 32.5 Å². The highest BCUT2D eigenvalue weighted by molar-refractivity contribution is 5.94. The van der Waals surface area contributed by atoms with Gasteiger partial charge in [0.1, 0.15) is 12.4 Å². The fourth-order valence-corrected chi connectivity index (χ4v) is 2.71. The molecule has 7 heteroatoms. The van der Waals surface area contributed by atoms with Gasteiger partial charge in [-0.2, -0.15) is 5.10 Å². The normalized spacial score (nSPS) is 19.9. The fraction of sp³-hybridized carbons (Fsp3) is 0.438. The Bertz CT molecular complexity index is 671. The number of hydrogen-bond donors (Lipinski definition) is 2. The molecule has 122 valence electrons. The van der Waals surface area contributed by atoms with Gasteiger partial charge in [0, 0.05) is 18.2 Å². The molecule has 0 saturated heterocycles. The highest BCUT2D eigenvalue weighted by Gasteiger charge is 2.29. The number of pyridine rings is 1. The quantitative estimate of drug-likeness (QED) is 0.819. The standard InChI is InChI=1S/C16H20N4O3/c1-10-8-13-14(11(2)23-10)19-20-15(13)16(21)18-6-7-22-12-4-3-5-17-9-12/h3-5,9-11H,6-8H2,1-2H3,(H,18,21)(H,19,20)/t10-,11+/m1/s1. The molecule has 0 bridgehead atoms. The van der Waals surface area contributed by atoms with Crippen LogP contribution in [0.2, 0.25) is 0 Å². The number of aromatic amines is 1.